The van der Waals surface area contributed by atoms with Crippen LogP contribution in [-0.4, -0.2) is 48.9 Å². The lowest BCUT2D eigenvalue weighted by molar-refractivity contribution is -0.141. The first-order valence-electron chi connectivity index (χ1n) is 11.1. The second-order valence-corrected chi connectivity index (χ2v) is 7.67. The summed E-state index contributed by atoms with van der Waals surface area (Å²) < 4.78 is 16.3. The molecule has 0 spiro atoms. The van der Waals surface area contributed by atoms with Crippen LogP contribution in [0.25, 0.3) is 0 Å². The van der Waals surface area contributed by atoms with Crippen LogP contribution in [0, 0.1) is 0 Å². The molecule has 180 valence electrons. The second kappa shape index (κ2) is 10.8. The third-order valence-electron chi connectivity index (χ3n) is 5.27. The van der Waals surface area contributed by atoms with Gasteiger partial charge in [0.05, 0.1) is 49.6 Å². The molecule has 2 aromatic carbocycles. The summed E-state index contributed by atoms with van der Waals surface area (Å²) in [6.07, 6.45) is 0.558. The van der Waals surface area contributed by atoms with Crippen molar-refractivity contribution < 1.29 is 33.4 Å². The van der Waals surface area contributed by atoms with E-state index in [1.54, 1.807) is 30.3 Å². The Morgan fingerprint density at radius 3 is 2.44 bits per heavy atom. The summed E-state index contributed by atoms with van der Waals surface area (Å²) in [5.41, 5.74) is 0.985. The first-order valence-corrected chi connectivity index (χ1v) is 11.1. The number of fused-ring (bicyclic) bond motifs is 1. The van der Waals surface area contributed by atoms with Gasteiger partial charge in [-0.3, -0.25) is 24.1 Å². The molecule has 1 aliphatic heterocycles. The quantitative estimate of drug-likeness (QED) is 0.418. The van der Waals surface area contributed by atoms with Crippen molar-refractivity contribution in [3.63, 3.8) is 0 Å². The lowest BCUT2D eigenvalue weighted by Crippen LogP contribution is -2.35. The highest BCUT2D eigenvalue weighted by Gasteiger charge is 2.43. The van der Waals surface area contributed by atoms with E-state index in [0.29, 0.717) is 30.3 Å². The number of rotatable bonds is 10. The minimum absolute atomic E-state index is 0.0884. The van der Waals surface area contributed by atoms with Crippen molar-refractivity contribution in [2.24, 2.45) is 0 Å². The first kappa shape index (κ1) is 24.8. The molecule has 0 aliphatic carbocycles. The Kier molecular flexibility index (Phi) is 7.88. The highest BCUT2D eigenvalue weighted by Crippen LogP contribution is 2.39. The molecule has 0 bridgehead atoms. The molecule has 1 N–H and O–H groups in total. The molecule has 1 aliphatic rings. The molecule has 3 amide bonds. The fraction of sp³-hybridized carbons (Fsp3) is 0.360. The van der Waals surface area contributed by atoms with E-state index in [0.717, 1.165) is 11.3 Å². The average Bonchev–Trinajstić information content (AvgIpc) is 3.07. The fourth-order valence-electron chi connectivity index (χ4n) is 3.81. The van der Waals surface area contributed by atoms with E-state index in [2.05, 4.69) is 5.32 Å². The topological polar surface area (TPSA) is 111 Å². The lowest BCUT2D eigenvalue weighted by atomic mass is 10.0. The summed E-state index contributed by atoms with van der Waals surface area (Å²) >= 11 is 0. The summed E-state index contributed by atoms with van der Waals surface area (Å²) in [6.45, 7) is 6.00. The Labute approximate surface area is 198 Å². The molecule has 0 saturated carbocycles. The van der Waals surface area contributed by atoms with E-state index in [-0.39, 0.29) is 29.1 Å². The number of imide groups is 1. The monoisotopic (exact) mass is 468 g/mol. The van der Waals surface area contributed by atoms with Crippen LogP contribution in [0.1, 0.15) is 65.9 Å². The van der Waals surface area contributed by atoms with Crippen LogP contribution >= 0.6 is 0 Å². The van der Waals surface area contributed by atoms with Crippen LogP contribution in [0.4, 0.5) is 5.69 Å². The normalized spacial score (nSPS) is 13.4. The molecule has 9 heteroatoms. The van der Waals surface area contributed by atoms with Crippen LogP contribution in [-0.2, 0) is 14.3 Å². The SMILES string of the molecule is CCCOc1ccc(C(CC(=O)OC)N2C(=O)c3cccc(NC(C)=O)c3C2=O)cc1OCC. The number of ether oxygens (including phenoxy) is 3. The molecule has 0 saturated heterocycles. The van der Waals surface area contributed by atoms with Gasteiger partial charge in [0.15, 0.2) is 11.5 Å². The molecule has 3 rings (SSSR count). The van der Waals surface area contributed by atoms with Gasteiger partial charge >= 0.3 is 5.97 Å². The molecule has 9 nitrogen and oxygen atoms in total. The maximum atomic E-state index is 13.5. The minimum atomic E-state index is -0.954. The van der Waals surface area contributed by atoms with Crippen LogP contribution in [0.5, 0.6) is 11.5 Å². The van der Waals surface area contributed by atoms with Crippen molar-refractivity contribution in [3.8, 4) is 11.5 Å². The van der Waals surface area contributed by atoms with Crippen molar-refractivity contribution in [1.82, 2.24) is 4.90 Å². The molecular weight excluding hydrogens is 440 g/mol. The van der Waals surface area contributed by atoms with Crippen molar-refractivity contribution in [1.29, 1.82) is 0 Å². The van der Waals surface area contributed by atoms with Crippen molar-refractivity contribution >= 4 is 29.4 Å². The Bertz CT molecular complexity index is 1110. The zero-order chi connectivity index (χ0) is 24.8. The van der Waals surface area contributed by atoms with Gasteiger partial charge in [-0.25, -0.2) is 0 Å². The van der Waals surface area contributed by atoms with Gasteiger partial charge in [0.2, 0.25) is 5.91 Å². The van der Waals surface area contributed by atoms with Crippen molar-refractivity contribution in [3.05, 3.63) is 53.1 Å². The zero-order valence-electron chi connectivity index (χ0n) is 19.7. The van der Waals surface area contributed by atoms with Gasteiger partial charge in [0.25, 0.3) is 11.8 Å². The third kappa shape index (κ3) is 5.03. The summed E-state index contributed by atoms with van der Waals surface area (Å²) in [4.78, 5) is 51.7. The van der Waals surface area contributed by atoms with E-state index in [4.69, 9.17) is 14.2 Å². The molecule has 0 radical (unpaired) electrons. The Morgan fingerprint density at radius 1 is 1.03 bits per heavy atom. The number of nitrogens with zero attached hydrogens (tertiary/aromatic N) is 1. The van der Waals surface area contributed by atoms with Gasteiger partial charge in [0.1, 0.15) is 0 Å². The molecule has 1 unspecified atom stereocenters. The lowest BCUT2D eigenvalue weighted by Gasteiger charge is -2.26. The molecule has 1 heterocycles. The van der Waals surface area contributed by atoms with Gasteiger partial charge in [0, 0.05) is 6.92 Å². The standard InChI is InChI=1S/C25H28N2O7/c1-5-12-34-20-11-10-16(13-21(20)33-6-2)19(14-22(29)32-4)27-24(30)17-8-7-9-18(26-15(3)28)23(17)25(27)31/h7-11,13,19H,5-6,12,14H2,1-4H3,(H,26,28). The number of benzene rings is 2. The van der Waals surface area contributed by atoms with Crippen molar-refractivity contribution in [2.45, 2.75) is 39.7 Å². The smallest absolute Gasteiger partial charge is 0.307 e. The molecule has 2 aromatic rings. The summed E-state index contributed by atoms with van der Waals surface area (Å²) in [7, 11) is 1.24. The largest absolute Gasteiger partial charge is 0.490 e. The highest BCUT2D eigenvalue weighted by molar-refractivity contribution is 6.24. The number of esters is 1. The van der Waals surface area contributed by atoms with Crippen LogP contribution in [0.2, 0.25) is 0 Å². The van der Waals surface area contributed by atoms with Crippen LogP contribution in [0.15, 0.2) is 36.4 Å². The van der Waals surface area contributed by atoms with Crippen LogP contribution < -0.4 is 14.8 Å². The van der Waals surface area contributed by atoms with Crippen LogP contribution in [0.3, 0.4) is 0 Å². The van der Waals surface area contributed by atoms with E-state index < -0.39 is 23.8 Å². The molecule has 1 atom stereocenters. The summed E-state index contributed by atoms with van der Waals surface area (Å²) in [5.74, 6) is -1.17. The number of hydrogen-bond donors (Lipinski definition) is 1. The van der Waals surface area contributed by atoms with Crippen molar-refractivity contribution in [2.75, 3.05) is 25.6 Å². The predicted octanol–water partition coefficient (Wildman–Crippen LogP) is 3.73. The third-order valence-corrected chi connectivity index (χ3v) is 5.27. The maximum absolute atomic E-state index is 13.5. The molecule has 0 aromatic heterocycles. The molecular formula is C25H28N2O7. The Balaban J connectivity index is 2.07. The number of nitrogens with one attached hydrogen (secondary N) is 1. The summed E-state index contributed by atoms with van der Waals surface area (Å²) in [5, 5.41) is 2.59. The number of methoxy groups -OCH3 is 1. The van der Waals surface area contributed by atoms with Gasteiger partial charge < -0.3 is 19.5 Å². The summed E-state index contributed by atoms with van der Waals surface area (Å²) in [6, 6.07) is 8.76. The molecule has 34 heavy (non-hydrogen) atoms. The first-order chi connectivity index (χ1) is 16.3. The number of carbonyl (C=O) groups is 4. The van der Waals surface area contributed by atoms with E-state index in [1.807, 2.05) is 13.8 Å². The van der Waals surface area contributed by atoms with E-state index in [9.17, 15) is 19.2 Å². The van der Waals surface area contributed by atoms with Gasteiger partial charge in [-0.2, -0.15) is 0 Å². The fourth-order valence-corrected chi connectivity index (χ4v) is 3.81. The number of carbonyl (C=O) groups excluding carboxylic acids is 4. The van der Waals surface area contributed by atoms with Gasteiger partial charge in [-0.05, 0) is 43.2 Å². The Hall–Kier alpha value is -3.88. The van der Waals surface area contributed by atoms with E-state index in [1.165, 1.54) is 20.1 Å². The number of amides is 3. The van der Waals surface area contributed by atoms with E-state index >= 15 is 0 Å². The zero-order valence-corrected chi connectivity index (χ0v) is 19.7. The minimum Gasteiger partial charge on any atom is -0.490 e. The highest BCUT2D eigenvalue weighted by atomic mass is 16.5. The number of anilines is 1. The second-order valence-electron chi connectivity index (χ2n) is 7.67. The Morgan fingerprint density at radius 2 is 1.79 bits per heavy atom. The van der Waals surface area contributed by atoms with Gasteiger partial charge in [-0.15, -0.1) is 0 Å². The maximum Gasteiger partial charge on any atom is 0.307 e. The average molecular weight is 469 g/mol. The van der Waals surface area contributed by atoms with Gasteiger partial charge in [-0.1, -0.05) is 19.1 Å². The molecule has 0 fully saturated rings. The number of hydrogen-bond acceptors (Lipinski definition) is 7. The predicted molar refractivity (Wildman–Crippen MR) is 124 cm³/mol.